The minimum atomic E-state index is -0.464. The molecule has 0 bridgehead atoms. The molecule has 0 saturated carbocycles. The van der Waals surface area contributed by atoms with Crippen LogP contribution >= 0.6 is 11.3 Å². The number of aryl methyl sites for hydroxylation is 1. The van der Waals surface area contributed by atoms with E-state index in [1.54, 1.807) is 31.2 Å². The van der Waals surface area contributed by atoms with Gasteiger partial charge in [-0.1, -0.05) is 48.1 Å². The molecular formula is C21H24FN3O2S. The summed E-state index contributed by atoms with van der Waals surface area (Å²) < 4.78 is 20.2. The first-order valence-electron chi connectivity index (χ1n) is 8.87. The SMILES string of the molecule is CC/C=C/C(C(=O)Nc1nnc(C)s1)=C(\C=C(C)C)c1c(F)cccc1OC. The Hall–Kier alpha value is -2.80. The van der Waals surface area contributed by atoms with Crippen LogP contribution in [-0.2, 0) is 4.79 Å². The van der Waals surface area contributed by atoms with Crippen LogP contribution in [0.15, 0.2) is 47.6 Å². The number of nitrogens with one attached hydrogen (secondary N) is 1. The molecule has 1 aromatic carbocycles. The van der Waals surface area contributed by atoms with Crippen LogP contribution in [0.1, 0.15) is 37.8 Å². The van der Waals surface area contributed by atoms with Crippen molar-refractivity contribution in [2.45, 2.75) is 34.1 Å². The van der Waals surface area contributed by atoms with Gasteiger partial charge in [-0.3, -0.25) is 10.1 Å². The maximum absolute atomic E-state index is 14.8. The highest BCUT2D eigenvalue weighted by molar-refractivity contribution is 7.15. The van der Waals surface area contributed by atoms with Crippen LogP contribution in [-0.4, -0.2) is 23.2 Å². The van der Waals surface area contributed by atoms with Gasteiger partial charge in [0.15, 0.2) is 0 Å². The van der Waals surface area contributed by atoms with E-state index in [4.69, 9.17) is 4.74 Å². The number of benzene rings is 1. The van der Waals surface area contributed by atoms with Crippen LogP contribution in [0.2, 0.25) is 0 Å². The number of aromatic nitrogens is 2. The van der Waals surface area contributed by atoms with E-state index in [1.807, 2.05) is 26.8 Å². The van der Waals surface area contributed by atoms with Gasteiger partial charge in [0.05, 0.1) is 12.7 Å². The molecule has 2 aromatic rings. The van der Waals surface area contributed by atoms with Gasteiger partial charge in [0, 0.05) is 11.1 Å². The molecule has 0 saturated heterocycles. The second-order valence-electron chi connectivity index (χ2n) is 6.26. The van der Waals surface area contributed by atoms with Gasteiger partial charge in [-0.05, 0) is 39.3 Å². The van der Waals surface area contributed by atoms with E-state index in [-0.39, 0.29) is 5.56 Å². The first-order chi connectivity index (χ1) is 13.4. The number of nitrogens with zero attached hydrogens (tertiary/aromatic N) is 2. The van der Waals surface area contributed by atoms with E-state index in [0.29, 0.717) is 22.0 Å². The van der Waals surface area contributed by atoms with Crippen molar-refractivity contribution in [2.24, 2.45) is 0 Å². The second kappa shape index (κ2) is 9.94. The third-order valence-electron chi connectivity index (χ3n) is 3.70. The Kier molecular flexibility index (Phi) is 7.63. The van der Waals surface area contributed by atoms with Gasteiger partial charge in [0.25, 0.3) is 5.91 Å². The fourth-order valence-corrected chi connectivity index (χ4v) is 3.13. The summed E-state index contributed by atoms with van der Waals surface area (Å²) in [4.78, 5) is 13.1. The number of halogens is 1. The molecule has 0 spiro atoms. The Morgan fingerprint density at radius 1 is 1.32 bits per heavy atom. The molecule has 0 fully saturated rings. The molecule has 5 nitrogen and oxygen atoms in total. The second-order valence-corrected chi connectivity index (χ2v) is 7.44. The van der Waals surface area contributed by atoms with E-state index >= 15 is 0 Å². The Balaban J connectivity index is 2.71. The van der Waals surface area contributed by atoms with Crippen molar-refractivity contribution in [3.05, 3.63) is 64.0 Å². The molecular weight excluding hydrogens is 377 g/mol. The van der Waals surface area contributed by atoms with Crippen molar-refractivity contribution in [2.75, 3.05) is 12.4 Å². The van der Waals surface area contributed by atoms with Crippen molar-refractivity contribution >= 4 is 27.9 Å². The molecule has 0 unspecified atom stereocenters. The molecule has 0 aliphatic heterocycles. The van der Waals surface area contributed by atoms with Crippen LogP contribution in [0, 0.1) is 12.7 Å². The highest BCUT2D eigenvalue weighted by atomic mass is 32.1. The number of methoxy groups -OCH3 is 1. The van der Waals surface area contributed by atoms with Gasteiger partial charge in [0.1, 0.15) is 16.6 Å². The lowest BCUT2D eigenvalue weighted by molar-refractivity contribution is -0.112. The Labute approximate surface area is 168 Å². The largest absolute Gasteiger partial charge is 0.496 e. The number of hydrogen-bond donors (Lipinski definition) is 1. The quantitative estimate of drug-likeness (QED) is 0.504. The number of allylic oxidation sites excluding steroid dienone is 4. The summed E-state index contributed by atoms with van der Waals surface area (Å²) in [6.45, 7) is 7.55. The summed E-state index contributed by atoms with van der Waals surface area (Å²) in [5.41, 5.74) is 1.92. The molecule has 0 atom stereocenters. The summed E-state index contributed by atoms with van der Waals surface area (Å²) in [6, 6.07) is 4.59. The fourth-order valence-electron chi connectivity index (χ4n) is 2.54. The van der Waals surface area contributed by atoms with Crippen LogP contribution in [0.4, 0.5) is 9.52 Å². The lowest BCUT2D eigenvalue weighted by atomic mass is 9.95. The highest BCUT2D eigenvalue weighted by Gasteiger charge is 2.20. The first-order valence-corrected chi connectivity index (χ1v) is 9.69. The molecule has 0 aliphatic rings. The predicted molar refractivity (Wildman–Crippen MR) is 112 cm³/mol. The minimum absolute atomic E-state index is 0.241. The molecule has 0 aliphatic carbocycles. The molecule has 1 heterocycles. The maximum atomic E-state index is 14.8. The fraction of sp³-hybridized carbons (Fsp3) is 0.286. The number of ether oxygens (including phenoxy) is 1. The van der Waals surface area contributed by atoms with Gasteiger partial charge >= 0.3 is 0 Å². The number of hydrogen-bond acceptors (Lipinski definition) is 5. The average Bonchev–Trinajstić information content (AvgIpc) is 3.05. The lowest BCUT2D eigenvalue weighted by Crippen LogP contribution is -2.15. The predicted octanol–water partition coefficient (Wildman–Crippen LogP) is 5.32. The van der Waals surface area contributed by atoms with Gasteiger partial charge in [-0.2, -0.15) is 0 Å². The molecule has 7 heteroatoms. The Bertz CT molecular complexity index is 941. The number of carbonyl (C=O) groups excluding carboxylic acids is 1. The van der Waals surface area contributed by atoms with Crippen molar-refractivity contribution in [1.82, 2.24) is 10.2 Å². The highest BCUT2D eigenvalue weighted by Crippen LogP contribution is 2.33. The molecule has 1 aromatic heterocycles. The maximum Gasteiger partial charge on any atom is 0.258 e. The summed E-state index contributed by atoms with van der Waals surface area (Å²) in [5.74, 6) is -0.498. The zero-order valence-electron chi connectivity index (χ0n) is 16.7. The van der Waals surface area contributed by atoms with Crippen molar-refractivity contribution in [3.63, 3.8) is 0 Å². The van der Waals surface area contributed by atoms with Gasteiger partial charge in [-0.25, -0.2) is 4.39 Å². The third-order valence-corrected chi connectivity index (χ3v) is 4.45. The molecule has 0 radical (unpaired) electrons. The first kappa shape index (κ1) is 21.5. The standard InChI is InChI=1S/C21H24FN3O2S/c1-6-7-9-15(20(26)23-21-25-24-14(4)28-21)16(12-13(2)3)19-17(22)10-8-11-18(19)27-5/h7-12H,6H2,1-5H3,(H,23,25,26)/b9-7+,16-15-. The van der Waals surface area contributed by atoms with E-state index < -0.39 is 11.7 Å². The molecule has 28 heavy (non-hydrogen) atoms. The number of rotatable bonds is 7. The number of anilines is 1. The molecule has 148 valence electrons. The third kappa shape index (κ3) is 5.36. The Morgan fingerprint density at radius 3 is 2.64 bits per heavy atom. The monoisotopic (exact) mass is 401 g/mol. The average molecular weight is 402 g/mol. The van der Waals surface area contributed by atoms with Crippen molar-refractivity contribution in [3.8, 4) is 5.75 Å². The van der Waals surface area contributed by atoms with Gasteiger partial charge in [-0.15, -0.1) is 10.2 Å². The molecule has 1 N–H and O–H groups in total. The van der Waals surface area contributed by atoms with E-state index in [1.165, 1.54) is 24.5 Å². The lowest BCUT2D eigenvalue weighted by Gasteiger charge is -2.15. The van der Waals surface area contributed by atoms with E-state index in [0.717, 1.165) is 17.0 Å². The zero-order chi connectivity index (χ0) is 20.7. The van der Waals surface area contributed by atoms with Gasteiger partial charge in [0.2, 0.25) is 5.13 Å². The van der Waals surface area contributed by atoms with E-state index in [2.05, 4.69) is 15.5 Å². The summed E-state index contributed by atoms with van der Waals surface area (Å²) >= 11 is 1.27. The van der Waals surface area contributed by atoms with Crippen LogP contribution in [0.5, 0.6) is 5.75 Å². The van der Waals surface area contributed by atoms with E-state index in [9.17, 15) is 9.18 Å². The summed E-state index contributed by atoms with van der Waals surface area (Å²) in [7, 11) is 1.48. The number of amides is 1. The van der Waals surface area contributed by atoms with Crippen molar-refractivity contribution in [1.29, 1.82) is 0 Å². The van der Waals surface area contributed by atoms with Crippen molar-refractivity contribution < 1.29 is 13.9 Å². The molecule has 1 amide bonds. The molecule has 2 rings (SSSR count). The summed E-state index contributed by atoms with van der Waals surface area (Å²) in [6.07, 6.45) is 6.06. The van der Waals surface area contributed by atoms with Gasteiger partial charge < -0.3 is 4.74 Å². The Morgan fingerprint density at radius 2 is 2.07 bits per heavy atom. The number of carbonyl (C=O) groups is 1. The zero-order valence-corrected chi connectivity index (χ0v) is 17.5. The minimum Gasteiger partial charge on any atom is -0.496 e. The normalized spacial score (nSPS) is 11.9. The smallest absolute Gasteiger partial charge is 0.258 e. The summed E-state index contributed by atoms with van der Waals surface area (Å²) in [5, 5.41) is 11.7. The topological polar surface area (TPSA) is 64.1 Å². The van der Waals surface area contributed by atoms with Crippen LogP contribution in [0.25, 0.3) is 5.57 Å². The van der Waals surface area contributed by atoms with Crippen LogP contribution in [0.3, 0.4) is 0 Å². The van der Waals surface area contributed by atoms with Crippen LogP contribution < -0.4 is 10.1 Å².